The summed E-state index contributed by atoms with van der Waals surface area (Å²) < 4.78 is 5.88. The van der Waals surface area contributed by atoms with Crippen LogP contribution in [0.15, 0.2) is 11.1 Å². The smallest absolute Gasteiger partial charge is 0.305 e. The predicted octanol–water partition coefficient (Wildman–Crippen LogP) is 3.80. The van der Waals surface area contributed by atoms with Gasteiger partial charge in [0.05, 0.1) is 6.61 Å². The maximum absolute atomic E-state index is 10.9. The third-order valence-electron chi connectivity index (χ3n) is 1.88. The molecule has 82 valence electrons. The van der Waals surface area contributed by atoms with Gasteiger partial charge in [0.25, 0.3) is 0 Å². The first-order valence-corrected chi connectivity index (χ1v) is 5.95. The van der Waals surface area contributed by atoms with Crippen LogP contribution in [0.5, 0.6) is 0 Å². The maximum Gasteiger partial charge on any atom is 0.305 e. The molecule has 0 rings (SSSR count). The fourth-order valence-corrected chi connectivity index (χ4v) is 1.45. The molecule has 0 fully saturated rings. The Kier molecular flexibility index (Phi) is 9.05. The van der Waals surface area contributed by atoms with Gasteiger partial charge in [0.15, 0.2) is 0 Å². The zero-order valence-corrected chi connectivity index (χ0v) is 10.4. The summed E-state index contributed by atoms with van der Waals surface area (Å²) in [6.07, 6.45) is 5.92. The van der Waals surface area contributed by atoms with Gasteiger partial charge < -0.3 is 4.74 Å². The highest BCUT2D eigenvalue weighted by Gasteiger charge is 2.00. The molecule has 2 nitrogen and oxygen atoms in total. The zero-order valence-electron chi connectivity index (χ0n) is 8.85. The Morgan fingerprint density at radius 1 is 1.21 bits per heavy atom. The summed E-state index contributed by atoms with van der Waals surface area (Å²) in [4.78, 5) is 10.9. The average Bonchev–Trinajstić information content (AvgIpc) is 2.11. The first kappa shape index (κ1) is 13.7. The molecular weight excluding hydrogens is 244 g/mol. The fourth-order valence-electron chi connectivity index (χ4n) is 1.17. The second-order valence-electron chi connectivity index (χ2n) is 3.24. The van der Waals surface area contributed by atoms with Crippen LogP contribution in [-0.4, -0.2) is 12.6 Å². The van der Waals surface area contributed by atoms with E-state index in [4.69, 9.17) is 4.74 Å². The number of rotatable bonds is 8. The molecule has 0 amide bonds. The molecule has 0 aromatic carbocycles. The summed E-state index contributed by atoms with van der Waals surface area (Å²) in [5, 5.41) is 0. The molecule has 0 heterocycles. The summed E-state index contributed by atoms with van der Waals surface area (Å²) in [5.41, 5.74) is 0. The largest absolute Gasteiger partial charge is 0.466 e. The van der Waals surface area contributed by atoms with Crippen molar-refractivity contribution in [2.45, 2.75) is 45.4 Å². The predicted molar refractivity (Wildman–Crippen MR) is 62.4 cm³/mol. The Morgan fingerprint density at radius 3 is 2.29 bits per heavy atom. The van der Waals surface area contributed by atoms with Gasteiger partial charge in [-0.2, -0.15) is 0 Å². The van der Waals surface area contributed by atoms with Gasteiger partial charge in [-0.05, 0) is 30.7 Å². The van der Waals surface area contributed by atoms with Crippen molar-refractivity contribution in [1.82, 2.24) is 0 Å². The Balaban J connectivity index is 3.13. The number of unbranched alkanes of at least 4 members (excludes halogenated alkanes) is 3. The molecule has 3 heteroatoms. The van der Waals surface area contributed by atoms with E-state index in [0.717, 1.165) is 36.6 Å². The van der Waals surface area contributed by atoms with Gasteiger partial charge in [-0.25, -0.2) is 0 Å². The van der Waals surface area contributed by atoms with Gasteiger partial charge in [0, 0.05) is 6.42 Å². The van der Waals surface area contributed by atoms with Gasteiger partial charge >= 0.3 is 5.97 Å². The maximum atomic E-state index is 10.9. The molecule has 0 atom stereocenters. The van der Waals surface area contributed by atoms with Crippen molar-refractivity contribution < 1.29 is 9.53 Å². The molecule has 0 unspecified atom stereocenters. The van der Waals surface area contributed by atoms with E-state index in [0.29, 0.717) is 13.0 Å². The molecule has 0 saturated heterocycles. The van der Waals surface area contributed by atoms with E-state index in [9.17, 15) is 4.79 Å². The van der Waals surface area contributed by atoms with Crippen molar-refractivity contribution in [2.75, 3.05) is 6.61 Å². The van der Waals surface area contributed by atoms with E-state index >= 15 is 0 Å². The summed E-state index contributed by atoms with van der Waals surface area (Å²) in [7, 11) is 0. The SMILES string of the molecule is C=C(Br)CCCCCCC(=O)OCC. The number of halogens is 1. The van der Waals surface area contributed by atoms with Crippen molar-refractivity contribution in [2.24, 2.45) is 0 Å². The van der Waals surface area contributed by atoms with E-state index in [-0.39, 0.29) is 5.97 Å². The minimum absolute atomic E-state index is 0.0719. The first-order valence-electron chi connectivity index (χ1n) is 5.15. The fraction of sp³-hybridized carbons (Fsp3) is 0.727. The van der Waals surface area contributed by atoms with Crippen LogP contribution in [0.1, 0.15) is 45.4 Å². The van der Waals surface area contributed by atoms with E-state index in [1.54, 1.807) is 0 Å². The molecule has 0 N–H and O–H groups in total. The van der Waals surface area contributed by atoms with Crippen LogP contribution in [-0.2, 0) is 9.53 Å². The number of carbonyl (C=O) groups is 1. The van der Waals surface area contributed by atoms with Crippen LogP contribution in [0, 0.1) is 0 Å². The molecule has 0 radical (unpaired) electrons. The topological polar surface area (TPSA) is 26.3 Å². The molecule has 14 heavy (non-hydrogen) atoms. The third kappa shape index (κ3) is 9.78. The highest BCUT2D eigenvalue weighted by atomic mass is 79.9. The van der Waals surface area contributed by atoms with Gasteiger partial charge in [0.1, 0.15) is 0 Å². The second-order valence-corrected chi connectivity index (χ2v) is 4.36. The number of ether oxygens (including phenoxy) is 1. The Morgan fingerprint density at radius 2 is 1.79 bits per heavy atom. The summed E-state index contributed by atoms with van der Waals surface area (Å²) in [6.45, 7) is 6.09. The summed E-state index contributed by atoms with van der Waals surface area (Å²) in [6, 6.07) is 0. The van der Waals surface area contributed by atoms with E-state index < -0.39 is 0 Å². The summed E-state index contributed by atoms with van der Waals surface area (Å²) >= 11 is 3.32. The Hall–Kier alpha value is -0.310. The molecule has 0 aliphatic carbocycles. The van der Waals surface area contributed by atoms with E-state index in [1.807, 2.05) is 6.92 Å². The zero-order chi connectivity index (χ0) is 10.8. The van der Waals surface area contributed by atoms with Crippen LogP contribution in [0.3, 0.4) is 0 Å². The first-order chi connectivity index (χ1) is 6.66. The van der Waals surface area contributed by atoms with Crippen molar-refractivity contribution in [3.8, 4) is 0 Å². The van der Waals surface area contributed by atoms with Crippen molar-refractivity contribution in [3.63, 3.8) is 0 Å². The minimum atomic E-state index is -0.0719. The van der Waals surface area contributed by atoms with Crippen LogP contribution < -0.4 is 0 Å². The Bertz CT molecular complexity index is 178. The normalized spacial score (nSPS) is 9.86. The van der Waals surface area contributed by atoms with Crippen molar-refractivity contribution in [3.05, 3.63) is 11.1 Å². The van der Waals surface area contributed by atoms with E-state index in [2.05, 4.69) is 22.5 Å². The number of carbonyl (C=O) groups excluding carboxylic acids is 1. The molecule has 0 aliphatic heterocycles. The van der Waals surface area contributed by atoms with Crippen molar-refractivity contribution >= 4 is 21.9 Å². The molecule has 0 aromatic heterocycles. The number of esters is 1. The van der Waals surface area contributed by atoms with Crippen LogP contribution in [0.4, 0.5) is 0 Å². The van der Waals surface area contributed by atoms with Gasteiger partial charge in [-0.3, -0.25) is 4.79 Å². The molecule has 0 spiro atoms. The van der Waals surface area contributed by atoms with Gasteiger partial charge in [-0.1, -0.05) is 35.4 Å². The molecule has 0 aliphatic rings. The monoisotopic (exact) mass is 262 g/mol. The Labute approximate surface area is 94.8 Å². The van der Waals surface area contributed by atoms with E-state index in [1.165, 1.54) is 0 Å². The average molecular weight is 263 g/mol. The lowest BCUT2D eigenvalue weighted by atomic mass is 10.1. The van der Waals surface area contributed by atoms with Gasteiger partial charge in [0.2, 0.25) is 0 Å². The lowest BCUT2D eigenvalue weighted by molar-refractivity contribution is -0.143. The number of hydrogen-bond donors (Lipinski definition) is 0. The highest BCUT2D eigenvalue weighted by molar-refractivity contribution is 9.11. The summed E-state index contributed by atoms with van der Waals surface area (Å²) in [5.74, 6) is -0.0719. The highest BCUT2D eigenvalue weighted by Crippen LogP contribution is 2.13. The number of hydrogen-bond acceptors (Lipinski definition) is 2. The number of allylic oxidation sites excluding steroid dienone is 1. The second kappa shape index (κ2) is 9.25. The quantitative estimate of drug-likeness (QED) is 0.492. The minimum Gasteiger partial charge on any atom is -0.466 e. The van der Waals surface area contributed by atoms with Crippen LogP contribution in [0.25, 0.3) is 0 Å². The standard InChI is InChI=1S/C11H19BrO2/c1-3-14-11(13)9-7-5-4-6-8-10(2)12/h2-9H2,1H3. The van der Waals surface area contributed by atoms with Gasteiger partial charge in [-0.15, -0.1) is 0 Å². The third-order valence-corrected chi connectivity index (χ3v) is 2.28. The molecule has 0 aromatic rings. The molecular formula is C11H19BrO2. The molecule has 0 saturated carbocycles. The lowest BCUT2D eigenvalue weighted by Crippen LogP contribution is -2.03. The lowest BCUT2D eigenvalue weighted by Gasteiger charge is -2.01. The molecule has 0 bridgehead atoms. The van der Waals surface area contributed by atoms with Crippen molar-refractivity contribution in [1.29, 1.82) is 0 Å². The van der Waals surface area contributed by atoms with Crippen LogP contribution >= 0.6 is 15.9 Å². The van der Waals surface area contributed by atoms with Crippen LogP contribution in [0.2, 0.25) is 0 Å².